The summed E-state index contributed by atoms with van der Waals surface area (Å²) in [6, 6.07) is 32.0. The zero-order valence-corrected chi connectivity index (χ0v) is 33.1. The number of nitrogens with one attached hydrogen (secondary N) is 2. The van der Waals surface area contributed by atoms with Crippen molar-refractivity contribution in [3.63, 3.8) is 0 Å². The van der Waals surface area contributed by atoms with E-state index in [0.717, 1.165) is 19.5 Å². The second kappa shape index (κ2) is 18.8. The molecule has 0 saturated carbocycles. The van der Waals surface area contributed by atoms with Crippen molar-refractivity contribution in [3.8, 4) is 11.5 Å². The second-order valence-electron chi connectivity index (χ2n) is 14.7. The highest BCUT2D eigenvalue weighted by Crippen LogP contribution is 2.45. The minimum absolute atomic E-state index is 0. The van der Waals surface area contributed by atoms with Crippen molar-refractivity contribution in [3.05, 3.63) is 136 Å². The van der Waals surface area contributed by atoms with Crippen LogP contribution in [0, 0.1) is 11.2 Å². The third-order valence-electron chi connectivity index (χ3n) is 9.24. The van der Waals surface area contributed by atoms with Gasteiger partial charge in [0.1, 0.15) is 18.0 Å². The molecule has 55 heavy (non-hydrogen) atoms. The molecule has 0 spiro atoms. The molecule has 2 atom stereocenters. The first kappa shape index (κ1) is 41.5. The summed E-state index contributed by atoms with van der Waals surface area (Å²) in [5.74, 6) is -0.252. The molecular formula is C44H48Cl2FN3O5. The quantitative estimate of drug-likeness (QED) is 0.109. The third-order valence-corrected chi connectivity index (χ3v) is 9.47. The Hall–Kier alpha value is -4.67. The molecule has 2 amide bonds. The molecule has 1 aliphatic rings. The molecule has 1 heterocycles. The van der Waals surface area contributed by atoms with Crippen molar-refractivity contribution >= 4 is 52.3 Å². The number of nitrogens with zero attached hydrogens (tertiary/aromatic N) is 1. The van der Waals surface area contributed by atoms with Gasteiger partial charge in [-0.3, -0.25) is 9.59 Å². The van der Waals surface area contributed by atoms with Gasteiger partial charge >= 0.3 is 0 Å². The van der Waals surface area contributed by atoms with E-state index in [1.807, 2.05) is 57.2 Å². The molecule has 0 aliphatic carbocycles. The lowest BCUT2D eigenvalue weighted by molar-refractivity contribution is -0.138. The number of amides is 2. The van der Waals surface area contributed by atoms with Crippen molar-refractivity contribution in [1.29, 1.82) is 0 Å². The standard InChI is InChI=1S/C44H47ClFN3O5.ClH/c1-44(2,3)28-49-37-20-19-33(45)24-35(37)41(54-39(43(49)51)25-40(50)48-27-32-13-7-8-15-36(32)46)34-14-9-16-38(42(34)52-4)53-22-10-21-47-26-29-17-18-30-11-5-6-12-31(30)23-29;/h5-9,11-20,23-24,39,41,47H,10,21-22,25-28H2,1-4H3,(H,48,50);1H/t39-,41-;/m0./s1. The lowest BCUT2D eigenvalue weighted by atomic mass is 9.94. The zero-order chi connectivity index (χ0) is 38.2. The van der Waals surface area contributed by atoms with Crippen LogP contribution in [0.25, 0.3) is 10.8 Å². The average molecular weight is 789 g/mol. The van der Waals surface area contributed by atoms with E-state index in [0.29, 0.717) is 52.1 Å². The maximum absolute atomic E-state index is 14.4. The molecule has 0 radical (unpaired) electrons. The first-order chi connectivity index (χ1) is 26.0. The minimum atomic E-state index is -1.17. The van der Waals surface area contributed by atoms with Crippen molar-refractivity contribution < 1.29 is 28.2 Å². The van der Waals surface area contributed by atoms with E-state index in [1.54, 1.807) is 42.3 Å². The number of carbonyl (C=O) groups excluding carboxylic acids is 2. The smallest absolute Gasteiger partial charge is 0.256 e. The molecule has 0 saturated heterocycles. The monoisotopic (exact) mass is 787 g/mol. The van der Waals surface area contributed by atoms with Crippen LogP contribution in [0.1, 0.15) is 62.0 Å². The number of hydrogen-bond donors (Lipinski definition) is 2. The number of fused-ring (bicyclic) bond motifs is 2. The SMILES string of the molecule is COc1c(OCCCNCc2ccc3ccccc3c2)cccc1[C@@H]1O[C@@H](CC(=O)NCc2ccccc2F)C(=O)N(CC(C)(C)C)c2ccc(Cl)cc21.Cl. The summed E-state index contributed by atoms with van der Waals surface area (Å²) in [7, 11) is 1.57. The molecule has 290 valence electrons. The van der Waals surface area contributed by atoms with Gasteiger partial charge in [-0.2, -0.15) is 0 Å². The highest BCUT2D eigenvalue weighted by atomic mass is 35.5. The van der Waals surface area contributed by atoms with Gasteiger partial charge in [0.15, 0.2) is 11.5 Å². The zero-order valence-electron chi connectivity index (χ0n) is 31.6. The molecule has 0 bridgehead atoms. The van der Waals surface area contributed by atoms with Crippen LogP contribution in [-0.4, -0.2) is 44.7 Å². The Kier molecular flexibility index (Phi) is 14.2. The summed E-state index contributed by atoms with van der Waals surface area (Å²) in [5.41, 5.74) is 3.17. The van der Waals surface area contributed by atoms with Crippen LogP contribution in [0.2, 0.25) is 5.02 Å². The van der Waals surface area contributed by atoms with Gasteiger partial charge in [-0.1, -0.05) is 99.1 Å². The molecular weight excluding hydrogens is 740 g/mol. The first-order valence-electron chi connectivity index (χ1n) is 18.3. The van der Waals surface area contributed by atoms with Gasteiger partial charge in [0, 0.05) is 47.0 Å². The highest BCUT2D eigenvalue weighted by Gasteiger charge is 2.40. The van der Waals surface area contributed by atoms with Gasteiger partial charge < -0.3 is 29.7 Å². The van der Waals surface area contributed by atoms with E-state index in [2.05, 4.69) is 41.0 Å². The number of carbonyl (C=O) groups is 2. The topological polar surface area (TPSA) is 89.1 Å². The van der Waals surface area contributed by atoms with Crippen LogP contribution < -0.4 is 25.0 Å². The van der Waals surface area contributed by atoms with Crippen molar-refractivity contribution in [2.45, 2.75) is 58.9 Å². The fourth-order valence-electron chi connectivity index (χ4n) is 6.69. The number of benzene rings is 5. The van der Waals surface area contributed by atoms with Crippen molar-refractivity contribution in [1.82, 2.24) is 10.6 Å². The summed E-state index contributed by atoms with van der Waals surface area (Å²) in [6.45, 7) is 8.38. The van der Waals surface area contributed by atoms with Crippen LogP contribution in [-0.2, 0) is 27.4 Å². The normalized spacial score (nSPS) is 15.5. The Morgan fingerprint density at radius 3 is 2.44 bits per heavy atom. The number of methoxy groups -OCH3 is 1. The van der Waals surface area contributed by atoms with E-state index >= 15 is 0 Å². The molecule has 2 N–H and O–H groups in total. The summed E-state index contributed by atoms with van der Waals surface area (Å²) in [4.78, 5) is 29.4. The molecule has 5 aromatic rings. The molecule has 0 fully saturated rings. The molecule has 6 rings (SSSR count). The molecule has 8 nitrogen and oxygen atoms in total. The molecule has 1 aliphatic heterocycles. The molecule has 11 heteroatoms. The van der Waals surface area contributed by atoms with E-state index in [4.69, 9.17) is 25.8 Å². The maximum atomic E-state index is 14.4. The Morgan fingerprint density at radius 1 is 0.909 bits per heavy atom. The molecule has 0 unspecified atom stereocenters. The Bertz CT molecular complexity index is 2110. The van der Waals surface area contributed by atoms with Crippen LogP contribution in [0.5, 0.6) is 11.5 Å². The highest BCUT2D eigenvalue weighted by molar-refractivity contribution is 6.30. The van der Waals surface area contributed by atoms with Crippen molar-refractivity contribution in [2.75, 3.05) is 31.7 Å². The number of halogens is 3. The average Bonchev–Trinajstić information content (AvgIpc) is 3.25. The second-order valence-corrected chi connectivity index (χ2v) is 15.1. The summed E-state index contributed by atoms with van der Waals surface area (Å²) >= 11 is 6.60. The Labute approximate surface area is 333 Å². The maximum Gasteiger partial charge on any atom is 0.256 e. The van der Waals surface area contributed by atoms with Crippen LogP contribution >= 0.6 is 24.0 Å². The number of ether oxygens (including phenoxy) is 3. The fourth-order valence-corrected chi connectivity index (χ4v) is 6.87. The minimum Gasteiger partial charge on any atom is -0.492 e. The van der Waals surface area contributed by atoms with E-state index in [1.165, 1.54) is 22.4 Å². The fraction of sp³-hybridized carbons (Fsp3) is 0.318. The predicted molar refractivity (Wildman–Crippen MR) is 219 cm³/mol. The number of anilines is 1. The Morgan fingerprint density at radius 2 is 1.67 bits per heavy atom. The summed E-state index contributed by atoms with van der Waals surface area (Å²) in [6.07, 6.45) is -1.55. The van der Waals surface area contributed by atoms with Crippen LogP contribution in [0.15, 0.2) is 103 Å². The lowest BCUT2D eigenvalue weighted by Crippen LogP contribution is -2.45. The van der Waals surface area contributed by atoms with E-state index < -0.39 is 23.9 Å². The van der Waals surface area contributed by atoms with Gasteiger partial charge in [-0.25, -0.2) is 4.39 Å². The van der Waals surface area contributed by atoms with E-state index in [9.17, 15) is 14.0 Å². The summed E-state index contributed by atoms with van der Waals surface area (Å²) < 4.78 is 33.2. The number of rotatable bonds is 14. The first-order valence-corrected chi connectivity index (χ1v) is 18.6. The van der Waals surface area contributed by atoms with E-state index in [-0.39, 0.29) is 36.7 Å². The van der Waals surface area contributed by atoms with Gasteiger partial charge in [-0.05, 0) is 71.1 Å². The van der Waals surface area contributed by atoms with Gasteiger partial charge in [0.25, 0.3) is 5.91 Å². The van der Waals surface area contributed by atoms with Gasteiger partial charge in [0.2, 0.25) is 5.91 Å². The number of para-hydroxylation sites is 1. The predicted octanol–water partition coefficient (Wildman–Crippen LogP) is 9.20. The van der Waals surface area contributed by atoms with Gasteiger partial charge in [0.05, 0.1) is 20.1 Å². The van der Waals surface area contributed by atoms with Crippen LogP contribution in [0.3, 0.4) is 0 Å². The lowest BCUT2D eigenvalue weighted by Gasteiger charge is -2.31. The van der Waals surface area contributed by atoms with Crippen LogP contribution in [0.4, 0.5) is 10.1 Å². The third kappa shape index (κ3) is 10.6. The molecule has 0 aromatic heterocycles. The Balaban J connectivity index is 0.00000580. The number of hydrogen-bond acceptors (Lipinski definition) is 6. The molecule has 5 aromatic carbocycles. The van der Waals surface area contributed by atoms with Gasteiger partial charge in [-0.15, -0.1) is 12.4 Å². The largest absolute Gasteiger partial charge is 0.492 e. The summed E-state index contributed by atoms with van der Waals surface area (Å²) in [5, 5.41) is 9.17. The van der Waals surface area contributed by atoms with Crippen molar-refractivity contribution in [2.24, 2.45) is 5.41 Å².